The van der Waals surface area contributed by atoms with E-state index in [2.05, 4.69) is 0 Å². The van der Waals surface area contributed by atoms with Gasteiger partial charge in [0.05, 0.1) is 17.4 Å². The zero-order chi connectivity index (χ0) is 12.5. The average Bonchev–Trinajstić information content (AvgIpc) is 2.65. The van der Waals surface area contributed by atoms with Crippen LogP contribution in [0.4, 0.5) is 0 Å². The molecule has 0 atom stereocenters. The Morgan fingerprint density at radius 2 is 2.18 bits per heavy atom. The second-order valence-electron chi connectivity index (χ2n) is 4.11. The Balaban J connectivity index is 2.09. The molecule has 0 bridgehead atoms. The molecule has 0 N–H and O–H groups in total. The Hall–Kier alpha value is -1.62. The summed E-state index contributed by atoms with van der Waals surface area (Å²) >= 11 is 1.37. The molecule has 0 saturated heterocycles. The van der Waals surface area contributed by atoms with Gasteiger partial charge in [-0.05, 0) is 11.4 Å². The number of Topliss-reactive ketones (excluding diaryl/α,β-unsaturated/α-hetero) is 1. The molecular formula is C12H12O4S. The number of ketones is 1. The Labute approximate surface area is 103 Å². The Bertz CT molecular complexity index is 471. The fourth-order valence-electron chi connectivity index (χ4n) is 1.54. The van der Waals surface area contributed by atoms with Crippen molar-refractivity contribution in [1.29, 1.82) is 0 Å². The molecule has 2 rings (SSSR count). The van der Waals surface area contributed by atoms with Crippen LogP contribution >= 0.6 is 11.3 Å². The van der Waals surface area contributed by atoms with Gasteiger partial charge < -0.3 is 9.47 Å². The van der Waals surface area contributed by atoms with Crippen molar-refractivity contribution in [3.63, 3.8) is 0 Å². The minimum Gasteiger partial charge on any atom is -0.456 e. The van der Waals surface area contributed by atoms with Gasteiger partial charge in [-0.3, -0.25) is 4.79 Å². The normalized spacial score (nSPS) is 18.0. The van der Waals surface area contributed by atoms with Crippen LogP contribution in [-0.4, -0.2) is 17.5 Å². The first-order valence-corrected chi connectivity index (χ1v) is 6.03. The minimum atomic E-state index is -1.00. The molecule has 0 spiro atoms. The molecule has 0 radical (unpaired) electrons. The van der Waals surface area contributed by atoms with Crippen LogP contribution in [-0.2, 0) is 14.3 Å². The number of hydrogen-bond donors (Lipinski definition) is 0. The van der Waals surface area contributed by atoms with E-state index < -0.39 is 11.8 Å². The molecule has 1 aliphatic heterocycles. The van der Waals surface area contributed by atoms with E-state index in [-0.39, 0.29) is 12.2 Å². The highest BCUT2D eigenvalue weighted by molar-refractivity contribution is 7.12. The molecule has 5 heteroatoms. The zero-order valence-electron chi connectivity index (χ0n) is 9.56. The fraction of sp³-hybridized carbons (Fsp3) is 0.333. The second kappa shape index (κ2) is 4.33. The molecule has 0 aromatic carbocycles. The predicted molar refractivity (Wildman–Crippen MR) is 62.6 cm³/mol. The summed E-state index contributed by atoms with van der Waals surface area (Å²) in [6, 6.07) is 3.56. The number of allylic oxidation sites excluding steroid dienone is 1. The predicted octanol–water partition coefficient (Wildman–Crippen LogP) is 2.51. The molecule has 1 aliphatic rings. The number of thiophene rings is 1. The van der Waals surface area contributed by atoms with E-state index in [0.29, 0.717) is 10.6 Å². The number of rotatable bonds is 3. The molecule has 0 saturated carbocycles. The molecule has 0 aliphatic carbocycles. The molecule has 2 heterocycles. The number of ether oxygens (including phenoxy) is 2. The first kappa shape index (κ1) is 11.9. The van der Waals surface area contributed by atoms with E-state index in [1.54, 1.807) is 19.9 Å². The van der Waals surface area contributed by atoms with Crippen LogP contribution in [0.3, 0.4) is 0 Å². The van der Waals surface area contributed by atoms with Crippen molar-refractivity contribution in [2.24, 2.45) is 0 Å². The van der Waals surface area contributed by atoms with Crippen LogP contribution in [0, 0.1) is 0 Å². The van der Waals surface area contributed by atoms with E-state index in [0.717, 1.165) is 0 Å². The van der Waals surface area contributed by atoms with Gasteiger partial charge in [0.2, 0.25) is 5.79 Å². The number of carbonyl (C=O) groups excluding carboxylic acids is 2. The average molecular weight is 252 g/mol. The van der Waals surface area contributed by atoms with Crippen LogP contribution in [0.5, 0.6) is 0 Å². The smallest absolute Gasteiger partial charge is 0.337 e. The van der Waals surface area contributed by atoms with Crippen molar-refractivity contribution < 1.29 is 19.1 Å². The number of esters is 1. The molecule has 4 nitrogen and oxygen atoms in total. The van der Waals surface area contributed by atoms with Gasteiger partial charge in [0.15, 0.2) is 5.78 Å². The van der Waals surface area contributed by atoms with Gasteiger partial charge in [0, 0.05) is 13.8 Å². The van der Waals surface area contributed by atoms with Crippen molar-refractivity contribution in [2.45, 2.75) is 26.1 Å². The molecule has 0 amide bonds. The topological polar surface area (TPSA) is 52.6 Å². The van der Waals surface area contributed by atoms with Crippen LogP contribution in [0.15, 0.2) is 29.3 Å². The summed E-state index contributed by atoms with van der Waals surface area (Å²) in [6.45, 7) is 3.26. The van der Waals surface area contributed by atoms with Gasteiger partial charge in [-0.2, -0.15) is 0 Å². The van der Waals surface area contributed by atoms with Crippen LogP contribution in [0.2, 0.25) is 0 Å². The van der Waals surface area contributed by atoms with Crippen molar-refractivity contribution in [3.8, 4) is 0 Å². The van der Waals surface area contributed by atoms with Crippen molar-refractivity contribution in [1.82, 2.24) is 0 Å². The highest BCUT2D eigenvalue weighted by atomic mass is 32.1. The molecule has 1 aromatic rings. The summed E-state index contributed by atoms with van der Waals surface area (Å²) in [4.78, 5) is 23.8. The SMILES string of the molecule is CC1(C)OC(=O)C=C(CC(=O)c2cccs2)O1. The third kappa shape index (κ3) is 2.94. The molecule has 17 heavy (non-hydrogen) atoms. The summed E-state index contributed by atoms with van der Waals surface area (Å²) in [5.41, 5.74) is 0. The standard InChI is InChI=1S/C12H12O4S/c1-12(2)15-8(7-11(14)16-12)6-9(13)10-4-3-5-17-10/h3-5,7H,6H2,1-2H3. The second-order valence-corrected chi connectivity index (χ2v) is 5.06. The maximum atomic E-state index is 11.8. The quantitative estimate of drug-likeness (QED) is 0.612. The Morgan fingerprint density at radius 3 is 2.76 bits per heavy atom. The highest BCUT2D eigenvalue weighted by Gasteiger charge is 2.30. The van der Waals surface area contributed by atoms with Gasteiger partial charge >= 0.3 is 5.97 Å². The fourth-order valence-corrected chi connectivity index (χ4v) is 2.20. The van der Waals surface area contributed by atoms with E-state index in [4.69, 9.17) is 9.47 Å². The van der Waals surface area contributed by atoms with Gasteiger partial charge in [-0.1, -0.05) is 6.07 Å². The molecule has 1 aromatic heterocycles. The maximum Gasteiger partial charge on any atom is 0.337 e. The number of hydrogen-bond acceptors (Lipinski definition) is 5. The first-order valence-electron chi connectivity index (χ1n) is 5.15. The lowest BCUT2D eigenvalue weighted by atomic mass is 10.2. The Morgan fingerprint density at radius 1 is 1.41 bits per heavy atom. The Kier molecular flexibility index (Phi) is 3.02. The van der Waals surface area contributed by atoms with E-state index >= 15 is 0 Å². The third-order valence-electron chi connectivity index (χ3n) is 2.13. The molecular weight excluding hydrogens is 240 g/mol. The third-order valence-corrected chi connectivity index (χ3v) is 3.04. The molecule has 0 fully saturated rings. The lowest BCUT2D eigenvalue weighted by molar-refractivity contribution is -0.205. The van der Waals surface area contributed by atoms with Crippen LogP contribution < -0.4 is 0 Å². The van der Waals surface area contributed by atoms with Crippen molar-refractivity contribution in [2.75, 3.05) is 0 Å². The van der Waals surface area contributed by atoms with E-state index in [1.807, 2.05) is 11.4 Å². The number of cyclic esters (lactones) is 1. The molecule has 0 unspecified atom stereocenters. The summed E-state index contributed by atoms with van der Waals surface area (Å²) in [6.07, 6.45) is 1.30. The van der Waals surface area contributed by atoms with Crippen molar-refractivity contribution >= 4 is 23.1 Å². The zero-order valence-corrected chi connectivity index (χ0v) is 10.4. The van der Waals surface area contributed by atoms with Crippen LogP contribution in [0.25, 0.3) is 0 Å². The summed E-state index contributed by atoms with van der Waals surface area (Å²) in [5, 5.41) is 1.83. The monoisotopic (exact) mass is 252 g/mol. The van der Waals surface area contributed by atoms with Gasteiger partial charge in [-0.15, -0.1) is 11.3 Å². The summed E-state index contributed by atoms with van der Waals surface area (Å²) < 4.78 is 10.3. The van der Waals surface area contributed by atoms with E-state index in [9.17, 15) is 9.59 Å². The van der Waals surface area contributed by atoms with Gasteiger partial charge in [0.25, 0.3) is 0 Å². The lowest BCUT2D eigenvalue weighted by Crippen LogP contribution is -2.34. The summed E-state index contributed by atoms with van der Waals surface area (Å²) in [7, 11) is 0. The number of carbonyl (C=O) groups is 2. The van der Waals surface area contributed by atoms with E-state index in [1.165, 1.54) is 17.4 Å². The maximum absolute atomic E-state index is 11.8. The first-order chi connectivity index (χ1) is 7.96. The highest BCUT2D eigenvalue weighted by Crippen LogP contribution is 2.25. The van der Waals surface area contributed by atoms with Gasteiger partial charge in [0.1, 0.15) is 5.76 Å². The largest absolute Gasteiger partial charge is 0.456 e. The lowest BCUT2D eigenvalue weighted by Gasteiger charge is -2.30. The van der Waals surface area contributed by atoms with Gasteiger partial charge in [-0.25, -0.2) is 4.79 Å². The summed E-state index contributed by atoms with van der Waals surface area (Å²) in [5.74, 6) is -1.19. The molecule has 90 valence electrons. The van der Waals surface area contributed by atoms with Crippen LogP contribution in [0.1, 0.15) is 29.9 Å². The van der Waals surface area contributed by atoms with Crippen molar-refractivity contribution in [3.05, 3.63) is 34.2 Å². The minimum absolute atomic E-state index is 0.0586.